The second-order valence-electron chi connectivity index (χ2n) is 4.53. The fourth-order valence-corrected chi connectivity index (χ4v) is 2.10. The lowest BCUT2D eigenvalue weighted by atomic mass is 10.3. The van der Waals surface area contributed by atoms with Gasteiger partial charge in [-0.1, -0.05) is 34.8 Å². The van der Waals surface area contributed by atoms with Gasteiger partial charge in [0.2, 0.25) is 15.6 Å². The van der Waals surface area contributed by atoms with E-state index in [4.69, 9.17) is 47.0 Å². The van der Waals surface area contributed by atoms with E-state index in [1.165, 1.54) is 13.8 Å². The molecule has 0 aliphatic rings. The Morgan fingerprint density at radius 3 is 1.83 bits per heavy atom. The molecule has 0 bridgehead atoms. The minimum Gasteiger partial charge on any atom is -0.339 e. The molecule has 6 nitrogen and oxygen atoms in total. The van der Waals surface area contributed by atoms with E-state index >= 15 is 0 Å². The Bertz CT molecular complexity index is 590. The Morgan fingerprint density at radius 2 is 1.43 bits per heavy atom. The predicted octanol–water partition coefficient (Wildman–Crippen LogP) is 2.76. The van der Waals surface area contributed by atoms with Crippen LogP contribution in [-0.4, -0.2) is 26.9 Å². The van der Waals surface area contributed by atoms with Crippen LogP contribution in [0.5, 0.6) is 0 Å². The third-order valence-electron chi connectivity index (χ3n) is 2.41. The van der Waals surface area contributed by atoms with Gasteiger partial charge in [-0.15, -0.1) is 0 Å². The molecule has 10 heteroatoms. The molecule has 1 aromatic carbocycles. The van der Waals surface area contributed by atoms with E-state index in [2.05, 4.69) is 21.3 Å². The van der Waals surface area contributed by atoms with Gasteiger partial charge in [0.25, 0.3) is 0 Å². The summed E-state index contributed by atoms with van der Waals surface area (Å²) in [7, 11) is 0. The van der Waals surface area contributed by atoms with Crippen molar-refractivity contribution >= 4 is 75.3 Å². The summed E-state index contributed by atoms with van der Waals surface area (Å²) in [5, 5.41) is 10.8. The standard InChI is InChI=1S/C13H15Cl3N4O2S/c1-7(21)17-9-3-5-10(6-4-9)19-12(23)20-11(13(14,15)16)18-8(2)22/h3-6,11H,1-2H3,(H,17,21)(H,18,22)(H2,19,20,23)/t11-/m1/s1. The van der Waals surface area contributed by atoms with Crippen LogP contribution in [-0.2, 0) is 9.59 Å². The lowest BCUT2D eigenvalue weighted by Gasteiger charge is -2.27. The second kappa shape index (κ2) is 8.54. The fourth-order valence-electron chi connectivity index (χ4n) is 1.54. The molecule has 0 saturated carbocycles. The topological polar surface area (TPSA) is 82.3 Å². The van der Waals surface area contributed by atoms with Crippen molar-refractivity contribution < 1.29 is 9.59 Å². The Hall–Kier alpha value is -1.28. The van der Waals surface area contributed by atoms with Crippen LogP contribution in [0.25, 0.3) is 0 Å². The molecule has 126 valence electrons. The van der Waals surface area contributed by atoms with Gasteiger partial charge >= 0.3 is 0 Å². The zero-order chi connectivity index (χ0) is 17.6. The van der Waals surface area contributed by atoms with Gasteiger partial charge in [0, 0.05) is 25.2 Å². The molecule has 23 heavy (non-hydrogen) atoms. The molecule has 0 aromatic heterocycles. The maximum absolute atomic E-state index is 11.1. The molecule has 0 fully saturated rings. The van der Waals surface area contributed by atoms with Crippen LogP contribution in [0.3, 0.4) is 0 Å². The number of carbonyl (C=O) groups is 2. The number of amides is 2. The third-order valence-corrected chi connectivity index (χ3v) is 3.29. The Balaban J connectivity index is 2.67. The lowest BCUT2D eigenvalue weighted by molar-refractivity contribution is -0.119. The minimum atomic E-state index is -1.79. The second-order valence-corrected chi connectivity index (χ2v) is 7.31. The van der Waals surface area contributed by atoms with E-state index < -0.39 is 9.96 Å². The minimum absolute atomic E-state index is 0.155. The fraction of sp³-hybridized carbons (Fsp3) is 0.308. The number of anilines is 2. The van der Waals surface area contributed by atoms with Gasteiger partial charge in [-0.3, -0.25) is 9.59 Å². The van der Waals surface area contributed by atoms with E-state index in [1.54, 1.807) is 24.3 Å². The van der Waals surface area contributed by atoms with Crippen molar-refractivity contribution in [1.82, 2.24) is 10.6 Å². The summed E-state index contributed by atoms with van der Waals surface area (Å²) in [5.41, 5.74) is 1.31. The molecule has 0 radical (unpaired) electrons. The van der Waals surface area contributed by atoms with Crippen LogP contribution in [0, 0.1) is 0 Å². The van der Waals surface area contributed by atoms with Crippen molar-refractivity contribution in [3.63, 3.8) is 0 Å². The highest BCUT2D eigenvalue weighted by atomic mass is 35.6. The average molecular weight is 398 g/mol. The Labute approximate surface area is 154 Å². The highest BCUT2D eigenvalue weighted by molar-refractivity contribution is 7.80. The number of rotatable bonds is 4. The van der Waals surface area contributed by atoms with E-state index in [0.717, 1.165) is 0 Å². The summed E-state index contributed by atoms with van der Waals surface area (Å²) >= 11 is 22.5. The number of carbonyl (C=O) groups excluding carboxylic acids is 2. The van der Waals surface area contributed by atoms with Gasteiger partial charge in [0.15, 0.2) is 5.11 Å². The average Bonchev–Trinajstić information content (AvgIpc) is 2.38. The molecular formula is C13H15Cl3N4O2S. The number of halogens is 3. The first-order chi connectivity index (χ1) is 10.6. The number of benzene rings is 1. The SMILES string of the molecule is CC(=O)Nc1ccc(NC(=S)N[C@@H](NC(C)=O)C(Cl)(Cl)Cl)cc1. The molecule has 0 spiro atoms. The van der Waals surface area contributed by atoms with E-state index in [0.29, 0.717) is 11.4 Å². The summed E-state index contributed by atoms with van der Waals surface area (Å²) in [6.07, 6.45) is -0.997. The number of hydrogen-bond acceptors (Lipinski definition) is 3. The zero-order valence-corrected chi connectivity index (χ0v) is 15.3. The van der Waals surface area contributed by atoms with Crippen LogP contribution in [0.15, 0.2) is 24.3 Å². The van der Waals surface area contributed by atoms with E-state index in [9.17, 15) is 9.59 Å². The van der Waals surface area contributed by atoms with Crippen LogP contribution in [0.4, 0.5) is 11.4 Å². The number of thiocarbonyl (C=S) groups is 1. The maximum atomic E-state index is 11.1. The van der Waals surface area contributed by atoms with Crippen molar-refractivity contribution in [3.05, 3.63) is 24.3 Å². The molecule has 0 aliphatic heterocycles. The molecular weight excluding hydrogens is 383 g/mol. The smallest absolute Gasteiger partial charge is 0.228 e. The molecule has 4 N–H and O–H groups in total. The van der Waals surface area contributed by atoms with Gasteiger partial charge in [-0.05, 0) is 36.5 Å². The predicted molar refractivity (Wildman–Crippen MR) is 98.0 cm³/mol. The van der Waals surface area contributed by atoms with E-state index in [-0.39, 0.29) is 16.9 Å². The highest BCUT2D eigenvalue weighted by Gasteiger charge is 2.33. The summed E-state index contributed by atoms with van der Waals surface area (Å²) in [6.45, 7) is 2.71. The molecule has 0 heterocycles. The highest BCUT2D eigenvalue weighted by Crippen LogP contribution is 2.29. The summed E-state index contributed by atoms with van der Waals surface area (Å²) in [6, 6.07) is 6.82. The molecule has 1 aromatic rings. The molecule has 1 atom stereocenters. The Kier molecular flexibility index (Phi) is 7.34. The lowest BCUT2D eigenvalue weighted by Crippen LogP contribution is -2.55. The van der Waals surface area contributed by atoms with E-state index in [1.807, 2.05) is 0 Å². The molecule has 0 saturated heterocycles. The van der Waals surface area contributed by atoms with Crippen molar-refractivity contribution in [2.24, 2.45) is 0 Å². The molecule has 0 aliphatic carbocycles. The monoisotopic (exact) mass is 396 g/mol. The number of nitrogens with one attached hydrogen (secondary N) is 4. The molecule has 1 rings (SSSR count). The summed E-state index contributed by atoms with van der Waals surface area (Å²) < 4.78 is -1.79. The Morgan fingerprint density at radius 1 is 0.957 bits per heavy atom. The van der Waals surface area contributed by atoms with Crippen LogP contribution >= 0.6 is 47.0 Å². The van der Waals surface area contributed by atoms with Crippen molar-refractivity contribution in [2.75, 3.05) is 10.6 Å². The van der Waals surface area contributed by atoms with Gasteiger partial charge < -0.3 is 21.3 Å². The van der Waals surface area contributed by atoms with Gasteiger partial charge in [-0.2, -0.15) is 0 Å². The van der Waals surface area contributed by atoms with Crippen molar-refractivity contribution in [1.29, 1.82) is 0 Å². The van der Waals surface area contributed by atoms with Crippen LogP contribution < -0.4 is 21.3 Å². The van der Waals surface area contributed by atoms with Crippen LogP contribution in [0.1, 0.15) is 13.8 Å². The van der Waals surface area contributed by atoms with Crippen molar-refractivity contribution in [3.8, 4) is 0 Å². The quantitative estimate of drug-likeness (QED) is 0.357. The van der Waals surface area contributed by atoms with Gasteiger partial charge in [0.1, 0.15) is 6.17 Å². The first-order valence-electron chi connectivity index (χ1n) is 6.37. The normalized spacial score (nSPS) is 12.0. The van der Waals surface area contributed by atoms with Crippen molar-refractivity contribution in [2.45, 2.75) is 23.8 Å². The zero-order valence-electron chi connectivity index (χ0n) is 12.2. The first-order valence-corrected chi connectivity index (χ1v) is 7.91. The van der Waals surface area contributed by atoms with Crippen LogP contribution in [0.2, 0.25) is 0 Å². The molecule has 2 amide bonds. The maximum Gasteiger partial charge on any atom is 0.228 e. The summed E-state index contributed by atoms with van der Waals surface area (Å²) in [5.74, 6) is -0.542. The van der Waals surface area contributed by atoms with Gasteiger partial charge in [0.05, 0.1) is 0 Å². The summed E-state index contributed by atoms with van der Waals surface area (Å²) in [4.78, 5) is 22.1. The van der Waals surface area contributed by atoms with Gasteiger partial charge in [-0.25, -0.2) is 0 Å². The largest absolute Gasteiger partial charge is 0.339 e. The first kappa shape index (κ1) is 19.8. The molecule has 0 unspecified atom stereocenters. The third kappa shape index (κ3) is 7.69. The number of alkyl halides is 3. The number of hydrogen-bond donors (Lipinski definition) is 4.